The number of hydrogen-bond acceptors (Lipinski definition) is 0. The molecule has 9 aliphatic rings. The Morgan fingerprint density at radius 3 is 0.362 bits per heavy atom. The molecule has 6 atom stereocenters. The summed E-state index contributed by atoms with van der Waals surface area (Å²) in [5.41, 5.74) is 1.50. The highest BCUT2D eigenvalue weighted by Gasteiger charge is 2.25. The van der Waals surface area contributed by atoms with E-state index in [-0.39, 0.29) is 0 Å². The highest BCUT2D eigenvalue weighted by Crippen LogP contribution is 2.37. The number of allylic oxidation sites excluding steroid dienone is 12. The Bertz CT molecular complexity index is 867. The normalized spacial score (nSPS) is 23.7. The molecule has 0 N–H and O–H groups in total. The number of fused-ring (bicyclic) bond motifs is 3. The average molecular weight is 968 g/mol. The first-order chi connectivity index (χ1) is 32.9. The minimum Gasteiger partial charge on any atom is -0.0808 e. The first-order valence-corrected chi connectivity index (χ1v) is 30.9. The van der Waals surface area contributed by atoms with Gasteiger partial charge >= 0.3 is 0 Å². The fourth-order valence-electron chi connectivity index (χ4n) is 8.38. The molecule has 6 saturated carbocycles. The van der Waals surface area contributed by atoms with Crippen LogP contribution in [0.2, 0.25) is 0 Å². The van der Waals surface area contributed by atoms with Crippen molar-refractivity contribution in [2.45, 2.75) is 320 Å². The molecule has 0 aromatic heterocycles. The third kappa shape index (κ3) is 66.4. The Balaban J connectivity index is -0.000000159. The van der Waals surface area contributed by atoms with E-state index in [1.807, 2.05) is 83.1 Å². The quantitative estimate of drug-likeness (QED) is 0.227. The van der Waals surface area contributed by atoms with Gasteiger partial charge in [0.25, 0.3) is 0 Å². The molecule has 0 aromatic rings. The molecule has 0 heteroatoms. The van der Waals surface area contributed by atoms with Crippen molar-refractivity contribution in [2.75, 3.05) is 0 Å². The third-order valence-corrected chi connectivity index (χ3v) is 11.1. The Labute approximate surface area is 442 Å². The van der Waals surface area contributed by atoms with Crippen LogP contribution < -0.4 is 0 Å². The monoisotopic (exact) mass is 967 g/mol. The van der Waals surface area contributed by atoms with Crippen LogP contribution in [0.1, 0.15) is 320 Å². The molecule has 6 unspecified atom stereocenters. The van der Waals surface area contributed by atoms with Gasteiger partial charge in [0, 0.05) is 0 Å². The van der Waals surface area contributed by atoms with E-state index in [4.69, 9.17) is 0 Å². The summed E-state index contributed by atoms with van der Waals surface area (Å²) in [6, 6.07) is 0. The van der Waals surface area contributed by atoms with Gasteiger partial charge in [-0.25, -0.2) is 0 Å². The largest absolute Gasteiger partial charge is 0.0808 e. The molecule has 0 heterocycles. The lowest BCUT2D eigenvalue weighted by Gasteiger charge is -2.13. The maximum atomic E-state index is 2.36. The summed E-state index contributed by atoms with van der Waals surface area (Å²) in [5, 5.41) is 0. The lowest BCUT2D eigenvalue weighted by molar-refractivity contribution is 0.469. The van der Waals surface area contributed by atoms with Crippen molar-refractivity contribution in [1.29, 1.82) is 0 Å². The van der Waals surface area contributed by atoms with Crippen LogP contribution in [-0.4, -0.2) is 0 Å². The van der Waals surface area contributed by atoms with E-state index in [1.54, 1.807) is 0 Å². The van der Waals surface area contributed by atoms with Crippen LogP contribution in [0.15, 0.2) is 72.9 Å². The van der Waals surface area contributed by atoms with Gasteiger partial charge in [-0.15, -0.1) is 0 Å². The Hall–Kier alpha value is -1.56. The molecule has 0 radical (unpaired) electrons. The van der Waals surface area contributed by atoms with Crippen molar-refractivity contribution >= 4 is 0 Å². The summed E-state index contributed by atoms with van der Waals surface area (Å²) in [4.78, 5) is 0. The predicted octanol–water partition coefficient (Wildman–Crippen LogP) is 25.8. The van der Waals surface area contributed by atoms with Gasteiger partial charge in [0.05, 0.1) is 0 Å². The second kappa shape index (κ2) is 57.3. The highest BCUT2D eigenvalue weighted by molar-refractivity contribution is 5.17. The lowest BCUT2D eigenvalue weighted by atomic mass is 9.92. The van der Waals surface area contributed by atoms with Crippen molar-refractivity contribution in [1.82, 2.24) is 0 Å². The average Bonchev–Trinajstić information content (AvgIpc) is 4.19. The van der Waals surface area contributed by atoms with Crippen LogP contribution >= 0.6 is 0 Å². The first-order valence-electron chi connectivity index (χ1n) is 30.9. The summed E-state index contributed by atoms with van der Waals surface area (Å²) >= 11 is 0. The Morgan fingerprint density at radius 2 is 0.275 bits per heavy atom. The smallest absolute Gasteiger partial charge is 0.0167 e. The molecule has 0 aromatic carbocycles. The zero-order chi connectivity index (χ0) is 54.4. The van der Waals surface area contributed by atoms with E-state index in [0.29, 0.717) is 16.2 Å². The molecular weight excluding hydrogens is 829 g/mol. The van der Waals surface area contributed by atoms with Gasteiger partial charge < -0.3 is 0 Å². The summed E-state index contributed by atoms with van der Waals surface area (Å²) < 4.78 is 0. The van der Waals surface area contributed by atoms with E-state index in [1.165, 1.54) is 154 Å². The van der Waals surface area contributed by atoms with Crippen LogP contribution in [-0.2, 0) is 0 Å². The van der Waals surface area contributed by atoms with E-state index < -0.39 is 0 Å². The molecule has 0 saturated heterocycles. The minimum atomic E-state index is 0.500. The molecule has 9 rings (SSSR count). The summed E-state index contributed by atoms with van der Waals surface area (Å²) in [6.45, 7) is 50.2. The third-order valence-electron chi connectivity index (χ3n) is 11.1. The van der Waals surface area contributed by atoms with Crippen molar-refractivity contribution < 1.29 is 0 Å². The predicted molar refractivity (Wildman–Crippen MR) is 330 cm³/mol. The highest BCUT2D eigenvalue weighted by atomic mass is 14.3. The number of rotatable bonds is 0. The van der Waals surface area contributed by atoms with Crippen LogP contribution in [0.25, 0.3) is 0 Å². The van der Waals surface area contributed by atoms with E-state index in [9.17, 15) is 0 Å². The molecule has 6 fully saturated rings. The zero-order valence-electron chi connectivity index (χ0n) is 52.9. The molecule has 0 amide bonds. The zero-order valence-corrected chi connectivity index (χ0v) is 52.9. The molecule has 414 valence electrons. The van der Waals surface area contributed by atoms with Gasteiger partial charge in [0.2, 0.25) is 0 Å². The maximum Gasteiger partial charge on any atom is -0.0167 e. The fraction of sp³-hybridized carbons (Fsp3) is 0.826. The molecular formula is C69H138. The lowest BCUT2D eigenvalue weighted by Crippen LogP contribution is -2.03. The standard InChI is InChI=1S/3C9H12.3C5H10.3C5H12.6C2H6/c3*1-2-5-9-7-3-6-8(9)4-1;3*1-2-4-5-3-1;3*1-5(2,3)4;6*1-2/h3*1-2,4-5,8-9H,3,6-7H2;3*1-5H2;3*1-4H3;6*1-2H3. The first kappa shape index (κ1) is 78.9. The molecule has 0 aliphatic heterocycles. The second-order valence-electron chi connectivity index (χ2n) is 23.4. The van der Waals surface area contributed by atoms with Gasteiger partial charge in [-0.2, -0.15) is 0 Å². The molecule has 0 nitrogen and oxygen atoms in total. The van der Waals surface area contributed by atoms with Crippen molar-refractivity contribution in [2.24, 2.45) is 51.8 Å². The molecule has 9 aliphatic carbocycles. The summed E-state index contributed by atoms with van der Waals surface area (Å²) in [7, 11) is 0. The summed E-state index contributed by atoms with van der Waals surface area (Å²) in [5.74, 6) is 5.39. The van der Waals surface area contributed by atoms with E-state index >= 15 is 0 Å². The van der Waals surface area contributed by atoms with Crippen molar-refractivity contribution in [3.63, 3.8) is 0 Å². The molecule has 69 heavy (non-hydrogen) atoms. The Kier molecular flexibility index (Phi) is 65.5. The number of hydrogen-bond donors (Lipinski definition) is 0. The topological polar surface area (TPSA) is 0 Å². The van der Waals surface area contributed by atoms with E-state index in [0.717, 1.165) is 35.5 Å². The van der Waals surface area contributed by atoms with E-state index in [2.05, 4.69) is 156 Å². The molecule has 0 spiro atoms. The maximum absolute atomic E-state index is 2.36. The summed E-state index contributed by atoms with van der Waals surface area (Å²) in [6.07, 6.45) is 62.6. The van der Waals surface area contributed by atoms with Gasteiger partial charge in [-0.1, -0.05) is 355 Å². The van der Waals surface area contributed by atoms with Crippen LogP contribution in [0, 0.1) is 51.8 Å². The van der Waals surface area contributed by atoms with Gasteiger partial charge in [-0.3, -0.25) is 0 Å². The fourth-order valence-corrected chi connectivity index (χ4v) is 8.38. The SMILES string of the molecule is C1=CC2CCCC2C=C1.C1=CC2CCCC2C=C1.C1=CC2CCCC2C=C1.C1CCCC1.C1CCCC1.C1CCCC1.CC.CC.CC.CC.CC.CC.CC(C)(C)C.CC(C)(C)C.CC(C)(C)C. The van der Waals surface area contributed by atoms with Crippen LogP contribution in [0.5, 0.6) is 0 Å². The van der Waals surface area contributed by atoms with Gasteiger partial charge in [0.1, 0.15) is 0 Å². The van der Waals surface area contributed by atoms with Crippen LogP contribution in [0.4, 0.5) is 0 Å². The molecule has 0 bridgehead atoms. The second-order valence-corrected chi connectivity index (χ2v) is 23.4. The van der Waals surface area contributed by atoms with Crippen molar-refractivity contribution in [3.05, 3.63) is 72.9 Å². The van der Waals surface area contributed by atoms with Crippen molar-refractivity contribution in [3.8, 4) is 0 Å². The van der Waals surface area contributed by atoms with Gasteiger partial charge in [-0.05, 0) is 90.3 Å². The Morgan fingerprint density at radius 1 is 0.188 bits per heavy atom. The minimum absolute atomic E-state index is 0.500. The van der Waals surface area contributed by atoms with Crippen LogP contribution in [0.3, 0.4) is 0 Å². The van der Waals surface area contributed by atoms with Gasteiger partial charge in [0.15, 0.2) is 0 Å².